The monoisotopic (exact) mass is 414 g/mol. The Morgan fingerprint density at radius 1 is 1.17 bits per heavy atom. The molecule has 29 heavy (non-hydrogen) atoms. The Balaban J connectivity index is 1.64. The summed E-state index contributed by atoms with van der Waals surface area (Å²) in [7, 11) is 6.57. The lowest BCUT2D eigenvalue weighted by Crippen LogP contribution is -2.20. The molecule has 0 unspecified atom stereocenters. The number of fused-ring (bicyclic) bond motifs is 1. The highest BCUT2D eigenvalue weighted by molar-refractivity contribution is 7.99. The van der Waals surface area contributed by atoms with E-state index in [2.05, 4.69) is 15.5 Å². The van der Waals surface area contributed by atoms with E-state index in [1.54, 1.807) is 19.2 Å². The van der Waals surface area contributed by atoms with Gasteiger partial charge in [-0.25, -0.2) is 10.4 Å². The molecule has 0 aliphatic heterocycles. The van der Waals surface area contributed by atoms with Gasteiger partial charge in [0.05, 0.1) is 49.9 Å². The summed E-state index contributed by atoms with van der Waals surface area (Å²) in [5.74, 6) is 1.58. The first-order valence-electron chi connectivity index (χ1n) is 8.73. The molecule has 0 atom stereocenters. The Bertz CT molecular complexity index is 1020. The minimum Gasteiger partial charge on any atom is -0.496 e. The van der Waals surface area contributed by atoms with E-state index in [0.29, 0.717) is 22.8 Å². The highest BCUT2D eigenvalue weighted by atomic mass is 32.2. The number of imidazole rings is 1. The Hall–Kier alpha value is -3.20. The molecule has 1 amide bonds. The SMILES string of the molecule is COc1cc(OC)c(/C=N\NC(=O)CSc2nc3ccccc3n2C)c(OC)c1. The van der Waals surface area contributed by atoms with Crippen LogP contribution >= 0.6 is 11.8 Å². The fourth-order valence-electron chi connectivity index (χ4n) is 2.74. The zero-order valence-electron chi connectivity index (χ0n) is 16.6. The standard InChI is InChI=1S/C20H22N4O4S/c1-24-16-8-6-5-7-15(16)22-20(24)29-12-19(25)23-21-11-14-17(27-3)9-13(26-2)10-18(14)28-4/h5-11H,12H2,1-4H3,(H,23,25)/b21-11-. The predicted octanol–water partition coefficient (Wildman–Crippen LogP) is 2.84. The molecule has 3 rings (SSSR count). The molecule has 1 heterocycles. The number of carbonyl (C=O) groups excluding carboxylic acids is 1. The first kappa shape index (κ1) is 20.5. The van der Waals surface area contributed by atoms with E-state index in [9.17, 15) is 4.79 Å². The average Bonchev–Trinajstić information content (AvgIpc) is 3.07. The van der Waals surface area contributed by atoms with E-state index in [4.69, 9.17) is 14.2 Å². The summed E-state index contributed by atoms with van der Waals surface area (Å²) in [5.41, 5.74) is 5.03. The second-order valence-electron chi connectivity index (χ2n) is 5.97. The summed E-state index contributed by atoms with van der Waals surface area (Å²) >= 11 is 1.35. The molecule has 0 aliphatic rings. The summed E-state index contributed by atoms with van der Waals surface area (Å²) in [6, 6.07) is 11.3. The molecule has 8 nitrogen and oxygen atoms in total. The molecule has 0 spiro atoms. The van der Waals surface area contributed by atoms with E-state index < -0.39 is 0 Å². The minimum atomic E-state index is -0.246. The molecular formula is C20H22N4O4S. The van der Waals surface area contributed by atoms with Crippen LogP contribution in [0.2, 0.25) is 0 Å². The van der Waals surface area contributed by atoms with Gasteiger partial charge in [-0.1, -0.05) is 23.9 Å². The van der Waals surface area contributed by atoms with Gasteiger partial charge in [-0.15, -0.1) is 0 Å². The van der Waals surface area contributed by atoms with E-state index in [0.717, 1.165) is 16.2 Å². The van der Waals surface area contributed by atoms with E-state index in [-0.39, 0.29) is 11.7 Å². The Morgan fingerprint density at radius 2 is 1.86 bits per heavy atom. The van der Waals surface area contributed by atoms with Crippen molar-refractivity contribution in [2.75, 3.05) is 27.1 Å². The number of ether oxygens (including phenoxy) is 3. The number of nitrogens with one attached hydrogen (secondary N) is 1. The van der Waals surface area contributed by atoms with Gasteiger partial charge in [0.25, 0.3) is 5.91 Å². The van der Waals surface area contributed by atoms with Crippen molar-refractivity contribution in [2.45, 2.75) is 5.16 Å². The van der Waals surface area contributed by atoms with E-state index in [1.165, 1.54) is 32.2 Å². The number of methoxy groups -OCH3 is 3. The second kappa shape index (κ2) is 9.33. The van der Waals surface area contributed by atoms with Gasteiger partial charge >= 0.3 is 0 Å². The topological polar surface area (TPSA) is 87.0 Å². The van der Waals surface area contributed by atoms with Gasteiger partial charge in [0.1, 0.15) is 17.2 Å². The van der Waals surface area contributed by atoms with Crippen molar-refractivity contribution in [3.8, 4) is 17.2 Å². The molecule has 0 saturated carbocycles. The van der Waals surface area contributed by atoms with Crippen molar-refractivity contribution in [1.29, 1.82) is 0 Å². The normalized spacial score (nSPS) is 11.0. The molecular weight excluding hydrogens is 392 g/mol. The third-order valence-corrected chi connectivity index (χ3v) is 5.24. The fourth-order valence-corrected chi connectivity index (χ4v) is 3.52. The predicted molar refractivity (Wildman–Crippen MR) is 113 cm³/mol. The van der Waals surface area contributed by atoms with Crippen LogP contribution in [-0.4, -0.2) is 48.8 Å². The Morgan fingerprint density at radius 3 is 2.48 bits per heavy atom. The van der Waals surface area contributed by atoms with Crippen LogP contribution < -0.4 is 19.6 Å². The third-order valence-electron chi connectivity index (χ3n) is 4.21. The summed E-state index contributed by atoms with van der Waals surface area (Å²) in [4.78, 5) is 16.7. The highest BCUT2D eigenvalue weighted by Gasteiger charge is 2.12. The van der Waals surface area contributed by atoms with Gasteiger partial charge in [-0.2, -0.15) is 5.10 Å². The molecule has 1 N–H and O–H groups in total. The van der Waals surface area contributed by atoms with E-state index in [1.807, 2.05) is 35.9 Å². The number of hydrazone groups is 1. The maximum atomic E-state index is 12.2. The Kier molecular flexibility index (Phi) is 6.61. The summed E-state index contributed by atoms with van der Waals surface area (Å²) in [6.07, 6.45) is 1.48. The first-order valence-corrected chi connectivity index (χ1v) is 9.72. The largest absolute Gasteiger partial charge is 0.496 e. The second-order valence-corrected chi connectivity index (χ2v) is 6.91. The quantitative estimate of drug-likeness (QED) is 0.347. The summed E-state index contributed by atoms with van der Waals surface area (Å²) in [6.45, 7) is 0. The lowest BCUT2D eigenvalue weighted by atomic mass is 10.2. The number of rotatable bonds is 8. The van der Waals surface area contributed by atoms with E-state index >= 15 is 0 Å². The van der Waals surface area contributed by atoms with Gasteiger partial charge in [0.2, 0.25) is 0 Å². The van der Waals surface area contributed by atoms with Crippen LogP contribution in [-0.2, 0) is 11.8 Å². The smallest absolute Gasteiger partial charge is 0.250 e. The number of hydrogen-bond acceptors (Lipinski definition) is 7. The molecule has 3 aromatic rings. The average molecular weight is 414 g/mol. The fraction of sp³-hybridized carbons (Fsp3) is 0.250. The molecule has 0 radical (unpaired) electrons. The Labute approximate surface area is 172 Å². The summed E-state index contributed by atoms with van der Waals surface area (Å²) in [5, 5.41) is 4.79. The lowest BCUT2D eigenvalue weighted by Gasteiger charge is -2.12. The van der Waals surface area contributed by atoms with Crippen LogP contribution in [0, 0.1) is 0 Å². The molecule has 1 aromatic heterocycles. The van der Waals surface area contributed by atoms with Gasteiger partial charge in [-0.3, -0.25) is 4.79 Å². The molecule has 0 fully saturated rings. The van der Waals surface area contributed by atoms with Crippen molar-refractivity contribution in [1.82, 2.24) is 15.0 Å². The van der Waals surface area contributed by atoms with Gasteiger partial charge < -0.3 is 18.8 Å². The first-order chi connectivity index (χ1) is 14.1. The van der Waals surface area contributed by atoms with Crippen molar-refractivity contribution >= 4 is 34.9 Å². The molecule has 2 aromatic carbocycles. The molecule has 152 valence electrons. The number of amides is 1. The number of nitrogens with zero attached hydrogens (tertiary/aromatic N) is 3. The molecule has 9 heteroatoms. The number of thioether (sulfide) groups is 1. The maximum Gasteiger partial charge on any atom is 0.250 e. The van der Waals surface area contributed by atoms with Crippen LogP contribution in [0.3, 0.4) is 0 Å². The van der Waals surface area contributed by atoms with Crippen LogP contribution in [0.1, 0.15) is 5.56 Å². The number of aromatic nitrogens is 2. The maximum absolute atomic E-state index is 12.2. The van der Waals surface area contributed by atoms with Gasteiger partial charge in [0, 0.05) is 19.2 Å². The summed E-state index contributed by atoms with van der Waals surface area (Å²) < 4.78 is 17.9. The van der Waals surface area contributed by atoms with Crippen molar-refractivity contribution < 1.29 is 19.0 Å². The van der Waals surface area contributed by atoms with Crippen molar-refractivity contribution in [2.24, 2.45) is 12.1 Å². The minimum absolute atomic E-state index is 0.186. The van der Waals surface area contributed by atoms with Crippen LogP contribution in [0.15, 0.2) is 46.7 Å². The molecule has 0 bridgehead atoms. The van der Waals surface area contributed by atoms with Crippen LogP contribution in [0.4, 0.5) is 0 Å². The highest BCUT2D eigenvalue weighted by Crippen LogP contribution is 2.32. The van der Waals surface area contributed by atoms with Crippen molar-refractivity contribution in [3.63, 3.8) is 0 Å². The number of benzene rings is 2. The number of para-hydroxylation sites is 2. The zero-order valence-corrected chi connectivity index (χ0v) is 17.4. The number of hydrogen-bond donors (Lipinski definition) is 1. The molecule has 0 aliphatic carbocycles. The van der Waals surface area contributed by atoms with Gasteiger partial charge in [-0.05, 0) is 12.1 Å². The zero-order chi connectivity index (χ0) is 20.8. The van der Waals surface area contributed by atoms with Crippen molar-refractivity contribution in [3.05, 3.63) is 42.0 Å². The number of carbonyl (C=O) groups is 1. The van der Waals surface area contributed by atoms with Gasteiger partial charge in [0.15, 0.2) is 5.16 Å². The lowest BCUT2D eigenvalue weighted by molar-refractivity contribution is -0.118. The molecule has 0 saturated heterocycles. The third kappa shape index (κ3) is 4.62. The van der Waals surface area contributed by atoms with Crippen LogP contribution in [0.5, 0.6) is 17.2 Å². The van der Waals surface area contributed by atoms with Crippen LogP contribution in [0.25, 0.3) is 11.0 Å². The number of aryl methyl sites for hydroxylation is 1.